The van der Waals surface area contributed by atoms with E-state index in [2.05, 4.69) is 0 Å². The van der Waals surface area contributed by atoms with E-state index < -0.39 is 0 Å². The van der Waals surface area contributed by atoms with Gasteiger partial charge in [0, 0.05) is 25.2 Å². The highest BCUT2D eigenvalue weighted by Gasteiger charge is 2.07. The maximum Gasteiger partial charge on any atom is 0.332 e. The van der Waals surface area contributed by atoms with Crippen LogP contribution >= 0.6 is 24.4 Å². The Kier molecular flexibility index (Phi) is 7.49. The highest BCUT2D eigenvalue weighted by atomic mass is 32.1. The second kappa shape index (κ2) is 9.85. The standard InChI is InChI=1S/C17H18N2O4S2/c20-16(22-18-12-6-4-8-14(18)24)10-2-1-3-11-17(21)23-19-13-7-5-9-15(19)25/h4-9,12-13H,1-3,10-11H2. The molecule has 0 fully saturated rings. The van der Waals surface area contributed by atoms with Crippen LogP contribution in [0.15, 0.2) is 48.8 Å². The van der Waals surface area contributed by atoms with Crippen molar-refractivity contribution in [3.8, 4) is 0 Å². The van der Waals surface area contributed by atoms with E-state index in [9.17, 15) is 9.59 Å². The van der Waals surface area contributed by atoms with Crippen molar-refractivity contribution in [2.45, 2.75) is 32.1 Å². The van der Waals surface area contributed by atoms with Crippen LogP contribution in [-0.2, 0) is 9.59 Å². The lowest BCUT2D eigenvalue weighted by atomic mass is 10.1. The first-order valence-electron chi connectivity index (χ1n) is 7.84. The number of pyridine rings is 2. The minimum Gasteiger partial charge on any atom is -0.336 e. The zero-order valence-corrected chi connectivity index (χ0v) is 15.1. The molecule has 0 saturated carbocycles. The van der Waals surface area contributed by atoms with E-state index in [-0.39, 0.29) is 24.8 Å². The summed E-state index contributed by atoms with van der Waals surface area (Å²) in [6, 6.07) is 10.4. The Hall–Kier alpha value is -2.32. The van der Waals surface area contributed by atoms with Gasteiger partial charge in [0.15, 0.2) is 0 Å². The highest BCUT2D eigenvalue weighted by molar-refractivity contribution is 7.71. The first-order chi connectivity index (χ1) is 12.1. The molecular formula is C17H18N2O4S2. The lowest BCUT2D eigenvalue weighted by Crippen LogP contribution is -2.20. The van der Waals surface area contributed by atoms with Gasteiger partial charge in [-0.05, 0) is 37.1 Å². The molecule has 2 heterocycles. The Balaban J connectivity index is 1.63. The normalized spacial score (nSPS) is 10.2. The average Bonchev–Trinajstić information content (AvgIpc) is 2.59. The molecule has 25 heavy (non-hydrogen) atoms. The molecule has 132 valence electrons. The van der Waals surface area contributed by atoms with Crippen molar-refractivity contribution < 1.29 is 19.3 Å². The summed E-state index contributed by atoms with van der Waals surface area (Å²) in [5.74, 6) is -0.721. The van der Waals surface area contributed by atoms with Crippen molar-refractivity contribution in [3.05, 3.63) is 58.1 Å². The Bertz CT molecular complexity index is 775. The van der Waals surface area contributed by atoms with Gasteiger partial charge >= 0.3 is 11.9 Å². The van der Waals surface area contributed by atoms with E-state index in [1.165, 1.54) is 9.46 Å². The lowest BCUT2D eigenvalue weighted by Gasteiger charge is -2.07. The van der Waals surface area contributed by atoms with Crippen molar-refractivity contribution in [3.63, 3.8) is 0 Å². The molecular weight excluding hydrogens is 360 g/mol. The first kappa shape index (κ1) is 19.0. The van der Waals surface area contributed by atoms with Crippen LogP contribution in [0.3, 0.4) is 0 Å². The van der Waals surface area contributed by atoms with Gasteiger partial charge in [-0.1, -0.05) is 43.0 Å². The van der Waals surface area contributed by atoms with Crippen LogP contribution in [0.25, 0.3) is 0 Å². The first-order valence-corrected chi connectivity index (χ1v) is 8.65. The van der Waals surface area contributed by atoms with Crippen molar-refractivity contribution in [1.29, 1.82) is 0 Å². The van der Waals surface area contributed by atoms with E-state index in [1.807, 2.05) is 0 Å². The van der Waals surface area contributed by atoms with Crippen molar-refractivity contribution in [2.24, 2.45) is 0 Å². The third-order valence-corrected chi connectivity index (χ3v) is 3.87. The number of hydrogen-bond donors (Lipinski definition) is 0. The molecule has 2 aromatic heterocycles. The summed E-state index contributed by atoms with van der Waals surface area (Å²) < 4.78 is 3.38. The van der Waals surface area contributed by atoms with E-state index in [1.54, 1.807) is 48.8 Å². The zero-order valence-electron chi connectivity index (χ0n) is 13.5. The second-order valence-corrected chi connectivity index (χ2v) is 6.05. The lowest BCUT2D eigenvalue weighted by molar-refractivity contribution is -0.144. The predicted molar refractivity (Wildman–Crippen MR) is 96.8 cm³/mol. The SMILES string of the molecule is O=C(CCCCCC(=O)On1ccccc1=S)On1ccccc1=S. The molecule has 2 aromatic rings. The average molecular weight is 378 g/mol. The molecule has 2 rings (SSSR count). The van der Waals surface area contributed by atoms with Gasteiger partial charge in [0.05, 0.1) is 0 Å². The van der Waals surface area contributed by atoms with Crippen LogP contribution in [0.1, 0.15) is 32.1 Å². The van der Waals surface area contributed by atoms with Crippen LogP contribution in [0, 0.1) is 9.28 Å². The monoisotopic (exact) mass is 378 g/mol. The van der Waals surface area contributed by atoms with Crippen LogP contribution < -0.4 is 9.68 Å². The molecule has 6 nitrogen and oxygen atoms in total. The molecule has 0 amide bonds. The fraction of sp³-hybridized carbons (Fsp3) is 0.294. The van der Waals surface area contributed by atoms with Crippen LogP contribution in [-0.4, -0.2) is 21.4 Å². The van der Waals surface area contributed by atoms with E-state index in [4.69, 9.17) is 34.1 Å². The third kappa shape index (κ3) is 6.60. The molecule has 0 radical (unpaired) electrons. The Morgan fingerprint density at radius 1 is 0.760 bits per heavy atom. The minimum absolute atomic E-state index is 0.259. The maximum absolute atomic E-state index is 11.7. The number of carbonyl (C=O) groups excluding carboxylic acids is 2. The molecule has 0 aliphatic carbocycles. The van der Waals surface area contributed by atoms with Gasteiger partial charge in [0.25, 0.3) is 0 Å². The van der Waals surface area contributed by atoms with Gasteiger partial charge in [-0.25, -0.2) is 9.59 Å². The molecule has 8 heteroatoms. The number of aromatic nitrogens is 2. The third-order valence-electron chi connectivity index (χ3n) is 3.24. The van der Waals surface area contributed by atoms with Crippen LogP contribution in [0.2, 0.25) is 0 Å². The van der Waals surface area contributed by atoms with E-state index >= 15 is 0 Å². The fourth-order valence-corrected chi connectivity index (χ4v) is 2.36. The largest absolute Gasteiger partial charge is 0.336 e. The van der Waals surface area contributed by atoms with Crippen molar-refractivity contribution >= 4 is 36.4 Å². The van der Waals surface area contributed by atoms with Gasteiger partial charge < -0.3 is 9.68 Å². The number of rotatable bonds is 8. The number of nitrogens with zero attached hydrogens (tertiary/aromatic N) is 2. The maximum atomic E-state index is 11.7. The molecule has 0 spiro atoms. The van der Waals surface area contributed by atoms with Gasteiger partial charge in [-0.3, -0.25) is 0 Å². The Morgan fingerprint density at radius 3 is 1.60 bits per heavy atom. The fourth-order valence-electron chi connectivity index (χ4n) is 2.00. The summed E-state index contributed by atoms with van der Waals surface area (Å²) in [4.78, 5) is 33.8. The smallest absolute Gasteiger partial charge is 0.332 e. The quantitative estimate of drug-likeness (QED) is 0.519. The summed E-state index contributed by atoms with van der Waals surface area (Å²) >= 11 is 10.1. The van der Waals surface area contributed by atoms with E-state index in [0.29, 0.717) is 28.5 Å². The second-order valence-electron chi connectivity index (χ2n) is 5.22. The molecule has 0 unspecified atom stereocenters. The predicted octanol–water partition coefficient (Wildman–Crippen LogP) is 3.31. The Morgan fingerprint density at radius 2 is 1.20 bits per heavy atom. The summed E-state index contributed by atoms with van der Waals surface area (Å²) in [5, 5.41) is 0. The van der Waals surface area contributed by atoms with Gasteiger partial charge in [0.1, 0.15) is 9.28 Å². The highest BCUT2D eigenvalue weighted by Crippen LogP contribution is 2.05. The van der Waals surface area contributed by atoms with Gasteiger partial charge in [-0.2, -0.15) is 9.46 Å². The minimum atomic E-state index is -0.361. The molecule has 0 aliphatic heterocycles. The number of carbonyl (C=O) groups is 2. The van der Waals surface area contributed by atoms with Crippen LogP contribution in [0.5, 0.6) is 0 Å². The molecule has 0 bridgehead atoms. The van der Waals surface area contributed by atoms with E-state index in [0.717, 1.165) is 0 Å². The molecule has 0 atom stereocenters. The van der Waals surface area contributed by atoms with Crippen LogP contribution in [0.4, 0.5) is 0 Å². The molecule has 0 aliphatic rings. The zero-order chi connectivity index (χ0) is 18.1. The number of hydrogen-bond acceptors (Lipinski definition) is 6. The van der Waals surface area contributed by atoms with Gasteiger partial charge in [0.2, 0.25) is 0 Å². The van der Waals surface area contributed by atoms with Gasteiger partial charge in [-0.15, -0.1) is 0 Å². The summed E-state index contributed by atoms with van der Waals surface area (Å²) in [5.41, 5.74) is 0. The molecule has 0 N–H and O–H groups in total. The number of unbranched alkanes of at least 4 members (excludes halogenated alkanes) is 2. The molecule has 0 aromatic carbocycles. The molecule has 0 saturated heterocycles. The topological polar surface area (TPSA) is 62.5 Å². The Labute approximate surface area is 155 Å². The summed E-state index contributed by atoms with van der Waals surface area (Å²) in [6.45, 7) is 0. The van der Waals surface area contributed by atoms with Crippen molar-refractivity contribution in [2.75, 3.05) is 0 Å². The summed E-state index contributed by atoms with van der Waals surface area (Å²) in [7, 11) is 0. The summed E-state index contributed by atoms with van der Waals surface area (Å²) in [6.07, 6.45) is 5.65. The van der Waals surface area contributed by atoms with Crippen molar-refractivity contribution in [1.82, 2.24) is 9.46 Å².